The van der Waals surface area contributed by atoms with Gasteiger partial charge in [-0.25, -0.2) is 13.8 Å². The lowest BCUT2D eigenvalue weighted by Crippen LogP contribution is -2.39. The van der Waals surface area contributed by atoms with E-state index in [1.807, 2.05) is 51.3 Å². The smallest absolute Gasteiger partial charge is 0.264 e. The van der Waals surface area contributed by atoms with Crippen LogP contribution in [0.3, 0.4) is 0 Å². The molecule has 0 atom stereocenters. The van der Waals surface area contributed by atoms with Crippen LogP contribution in [-0.2, 0) is 14.8 Å². The zero-order valence-corrected chi connectivity index (χ0v) is 22.9. The quantitative estimate of drug-likeness (QED) is 0.198. The number of nitrogens with zero attached hydrogens (tertiary/aromatic N) is 2. The second-order valence-electron chi connectivity index (χ2n) is 8.14. The Bertz CT molecular complexity index is 1290. The summed E-state index contributed by atoms with van der Waals surface area (Å²) in [5, 5.41) is 3.99. The van der Waals surface area contributed by atoms with Crippen LogP contribution in [0, 0.1) is 0 Å². The third-order valence-corrected chi connectivity index (χ3v) is 7.56. The molecule has 0 fully saturated rings. The molecule has 3 aromatic rings. The minimum Gasteiger partial charge on any atom is -0.494 e. The molecule has 3 aromatic carbocycles. The van der Waals surface area contributed by atoms with Crippen LogP contribution in [0.1, 0.15) is 26.3 Å². The number of amides is 1. The number of benzene rings is 3. The number of sulfonamides is 1. The molecule has 1 amide bonds. The molecule has 1 N–H and O–H groups in total. The van der Waals surface area contributed by atoms with E-state index in [0.717, 1.165) is 20.5 Å². The van der Waals surface area contributed by atoms with Gasteiger partial charge in [0.05, 0.1) is 29.5 Å². The van der Waals surface area contributed by atoms with Gasteiger partial charge < -0.3 is 9.47 Å². The normalized spacial score (nSPS) is 11.5. The van der Waals surface area contributed by atoms with Crippen molar-refractivity contribution >= 4 is 39.6 Å². The minimum absolute atomic E-state index is 0.0666. The highest BCUT2D eigenvalue weighted by molar-refractivity contribution is 7.98. The molecule has 0 saturated heterocycles. The summed E-state index contributed by atoms with van der Waals surface area (Å²) < 4.78 is 39.2. The van der Waals surface area contributed by atoms with E-state index < -0.39 is 22.5 Å². The van der Waals surface area contributed by atoms with E-state index in [1.54, 1.807) is 36.4 Å². The molecular weight excluding hydrogens is 510 g/mol. The molecule has 0 heterocycles. The fraction of sp³-hybridized carbons (Fsp3) is 0.259. The van der Waals surface area contributed by atoms with E-state index in [1.165, 1.54) is 30.1 Å². The van der Waals surface area contributed by atoms with Crippen LogP contribution in [0.15, 0.2) is 87.7 Å². The van der Waals surface area contributed by atoms with Crippen molar-refractivity contribution in [3.63, 3.8) is 0 Å². The van der Waals surface area contributed by atoms with Crippen LogP contribution in [0.5, 0.6) is 11.5 Å². The molecule has 0 aliphatic carbocycles. The molecule has 0 bridgehead atoms. The van der Waals surface area contributed by atoms with Crippen molar-refractivity contribution in [2.45, 2.75) is 36.7 Å². The largest absolute Gasteiger partial charge is 0.494 e. The van der Waals surface area contributed by atoms with Gasteiger partial charge in [0.1, 0.15) is 18.0 Å². The molecule has 0 radical (unpaired) electrons. The summed E-state index contributed by atoms with van der Waals surface area (Å²) in [6.45, 7) is 5.78. The van der Waals surface area contributed by atoms with Crippen LogP contribution in [0.25, 0.3) is 0 Å². The Kier molecular flexibility index (Phi) is 9.99. The highest BCUT2D eigenvalue weighted by atomic mass is 32.2. The Morgan fingerprint density at radius 1 is 1.00 bits per heavy atom. The molecule has 10 heteroatoms. The third-order valence-electron chi connectivity index (χ3n) is 5.03. The van der Waals surface area contributed by atoms with Gasteiger partial charge in [0.15, 0.2) is 0 Å². The topological polar surface area (TPSA) is 97.3 Å². The zero-order chi connectivity index (χ0) is 26.8. The number of carbonyl (C=O) groups excluding carboxylic acids is 1. The van der Waals surface area contributed by atoms with Crippen molar-refractivity contribution in [2.75, 3.05) is 23.7 Å². The lowest BCUT2D eigenvalue weighted by Gasteiger charge is -2.24. The first-order valence-electron chi connectivity index (χ1n) is 11.7. The van der Waals surface area contributed by atoms with Crippen LogP contribution < -0.4 is 19.2 Å². The molecule has 0 aliphatic rings. The first kappa shape index (κ1) is 28.1. The summed E-state index contributed by atoms with van der Waals surface area (Å²) in [4.78, 5) is 13.8. The number of carbonyl (C=O) groups is 1. The van der Waals surface area contributed by atoms with Crippen molar-refractivity contribution in [3.8, 4) is 11.5 Å². The van der Waals surface area contributed by atoms with Gasteiger partial charge in [-0.1, -0.05) is 0 Å². The molecule has 0 spiro atoms. The first-order chi connectivity index (χ1) is 17.7. The molecule has 37 heavy (non-hydrogen) atoms. The van der Waals surface area contributed by atoms with Crippen LogP contribution in [0.4, 0.5) is 5.69 Å². The van der Waals surface area contributed by atoms with Gasteiger partial charge in [0.2, 0.25) is 0 Å². The summed E-state index contributed by atoms with van der Waals surface area (Å²) in [6, 6.07) is 20.3. The Morgan fingerprint density at radius 3 is 2.19 bits per heavy atom. The van der Waals surface area contributed by atoms with Gasteiger partial charge in [-0.05, 0) is 105 Å². The predicted molar refractivity (Wildman–Crippen MR) is 148 cm³/mol. The standard InChI is InChI=1S/C27H31N3O5S2/c1-5-34-23-12-8-22(9-13-23)30(37(32,33)26-16-14-25(36-4)15-17-26)19-27(31)29-28-18-21-6-10-24(11-7-21)35-20(2)3/h6-18,20H,5,19H2,1-4H3,(H,29,31)/b28-18-. The average Bonchev–Trinajstić information content (AvgIpc) is 2.89. The lowest BCUT2D eigenvalue weighted by molar-refractivity contribution is -0.119. The van der Waals surface area contributed by atoms with Crippen LogP contribution >= 0.6 is 11.8 Å². The number of hydrogen-bond acceptors (Lipinski definition) is 7. The Hall–Kier alpha value is -3.50. The van der Waals surface area contributed by atoms with Gasteiger partial charge in [-0.2, -0.15) is 5.10 Å². The summed E-state index contributed by atoms with van der Waals surface area (Å²) >= 11 is 1.51. The van der Waals surface area contributed by atoms with Crippen molar-refractivity contribution in [2.24, 2.45) is 5.10 Å². The van der Waals surface area contributed by atoms with E-state index in [4.69, 9.17) is 9.47 Å². The Morgan fingerprint density at radius 2 is 1.62 bits per heavy atom. The first-order valence-corrected chi connectivity index (χ1v) is 14.4. The minimum atomic E-state index is -4.03. The maximum absolute atomic E-state index is 13.5. The zero-order valence-electron chi connectivity index (χ0n) is 21.2. The number of nitrogens with one attached hydrogen (secondary N) is 1. The molecule has 0 unspecified atom stereocenters. The van der Waals surface area contributed by atoms with E-state index >= 15 is 0 Å². The number of anilines is 1. The highest BCUT2D eigenvalue weighted by Crippen LogP contribution is 2.27. The highest BCUT2D eigenvalue weighted by Gasteiger charge is 2.27. The number of rotatable bonds is 12. The Labute approximate surface area is 222 Å². The van der Waals surface area contributed by atoms with E-state index in [9.17, 15) is 13.2 Å². The van der Waals surface area contributed by atoms with Gasteiger partial charge in [-0.15, -0.1) is 11.8 Å². The summed E-state index contributed by atoms with van der Waals surface area (Å²) in [6.07, 6.45) is 3.46. The fourth-order valence-electron chi connectivity index (χ4n) is 3.31. The fourth-order valence-corrected chi connectivity index (χ4v) is 5.14. The average molecular weight is 542 g/mol. The van der Waals surface area contributed by atoms with Gasteiger partial charge >= 0.3 is 0 Å². The second-order valence-corrected chi connectivity index (χ2v) is 10.9. The summed E-state index contributed by atoms with van der Waals surface area (Å²) in [5.41, 5.74) is 3.50. The molecule has 196 valence electrons. The summed E-state index contributed by atoms with van der Waals surface area (Å²) in [7, 11) is -4.03. The van der Waals surface area contributed by atoms with Crippen molar-refractivity contribution < 1.29 is 22.7 Å². The van der Waals surface area contributed by atoms with Crippen molar-refractivity contribution in [1.82, 2.24) is 5.43 Å². The van der Waals surface area contributed by atoms with Gasteiger partial charge in [-0.3, -0.25) is 9.10 Å². The van der Waals surface area contributed by atoms with Crippen molar-refractivity contribution in [3.05, 3.63) is 78.4 Å². The molecule has 0 aromatic heterocycles. The van der Waals surface area contributed by atoms with Crippen LogP contribution in [0.2, 0.25) is 0 Å². The van der Waals surface area contributed by atoms with Crippen LogP contribution in [-0.4, -0.2) is 46.1 Å². The monoisotopic (exact) mass is 541 g/mol. The Balaban J connectivity index is 1.78. The van der Waals surface area contributed by atoms with Gasteiger partial charge in [0, 0.05) is 4.90 Å². The lowest BCUT2D eigenvalue weighted by atomic mass is 10.2. The van der Waals surface area contributed by atoms with E-state index in [-0.39, 0.29) is 11.0 Å². The number of thioether (sulfide) groups is 1. The maximum atomic E-state index is 13.5. The predicted octanol–water partition coefficient (Wildman–Crippen LogP) is 4.94. The van der Waals surface area contributed by atoms with E-state index in [2.05, 4.69) is 10.5 Å². The molecule has 8 nitrogen and oxygen atoms in total. The number of hydrazone groups is 1. The summed E-state index contributed by atoms with van der Waals surface area (Å²) in [5.74, 6) is 0.749. The number of hydrogen-bond donors (Lipinski definition) is 1. The molecule has 3 rings (SSSR count). The van der Waals surface area contributed by atoms with Crippen molar-refractivity contribution in [1.29, 1.82) is 0 Å². The SMILES string of the molecule is CCOc1ccc(N(CC(=O)N/N=C\c2ccc(OC(C)C)cc2)S(=O)(=O)c2ccc(SC)cc2)cc1. The second kappa shape index (κ2) is 13.2. The third kappa shape index (κ3) is 7.99. The maximum Gasteiger partial charge on any atom is 0.264 e. The van der Waals surface area contributed by atoms with Gasteiger partial charge in [0.25, 0.3) is 15.9 Å². The number of ether oxygens (including phenoxy) is 2. The molecular formula is C27H31N3O5S2. The van der Waals surface area contributed by atoms with E-state index in [0.29, 0.717) is 18.0 Å². The molecule has 0 aliphatic heterocycles. The molecule has 0 saturated carbocycles.